The molecule has 0 heterocycles. The molecule has 6 heteroatoms. The fourth-order valence-corrected chi connectivity index (χ4v) is 2.95. The minimum absolute atomic E-state index is 0.104. The number of nitriles is 1. The number of benzene rings is 3. The van der Waals surface area contributed by atoms with Crippen LogP contribution in [0.25, 0.3) is 11.1 Å². The fourth-order valence-electron chi connectivity index (χ4n) is 2.68. The standard InChI is InChI=1S/C23H17BrN2O3/c24-20-11-9-18(10-12-20)23(28)26-14-22(27)29-15-16-5-7-17(8-6-16)21-4-2-1-3-19(21)13-25/h1-12H,14-15H2,(H,26,28). The van der Waals surface area contributed by atoms with Crippen LogP contribution >= 0.6 is 15.9 Å². The van der Waals surface area contributed by atoms with Crippen molar-refractivity contribution in [2.75, 3.05) is 6.54 Å². The van der Waals surface area contributed by atoms with Gasteiger partial charge in [-0.15, -0.1) is 0 Å². The van der Waals surface area contributed by atoms with Crippen LogP contribution in [0.15, 0.2) is 77.3 Å². The predicted octanol–water partition coefficient (Wildman–Crippen LogP) is 4.46. The van der Waals surface area contributed by atoms with E-state index in [1.54, 1.807) is 30.3 Å². The predicted molar refractivity (Wildman–Crippen MR) is 113 cm³/mol. The molecule has 0 saturated heterocycles. The SMILES string of the molecule is N#Cc1ccccc1-c1ccc(COC(=O)CNC(=O)c2ccc(Br)cc2)cc1. The molecule has 29 heavy (non-hydrogen) atoms. The Hall–Kier alpha value is -3.43. The van der Waals surface area contributed by atoms with Crippen molar-refractivity contribution in [1.82, 2.24) is 5.32 Å². The van der Waals surface area contributed by atoms with Crippen molar-refractivity contribution in [3.63, 3.8) is 0 Å². The molecule has 0 aliphatic heterocycles. The van der Waals surface area contributed by atoms with Crippen LogP contribution in [-0.2, 0) is 16.1 Å². The van der Waals surface area contributed by atoms with Crippen molar-refractivity contribution in [3.05, 3.63) is 94.0 Å². The average Bonchev–Trinajstić information content (AvgIpc) is 2.77. The highest BCUT2D eigenvalue weighted by Crippen LogP contribution is 2.23. The van der Waals surface area contributed by atoms with Gasteiger partial charge in [0.25, 0.3) is 5.91 Å². The first-order valence-corrected chi connectivity index (χ1v) is 9.64. The Morgan fingerprint density at radius 1 is 0.966 bits per heavy atom. The molecule has 1 amide bonds. The normalized spacial score (nSPS) is 10.1. The first kappa shape index (κ1) is 20.3. The second kappa shape index (κ2) is 9.67. The van der Waals surface area contributed by atoms with E-state index in [1.807, 2.05) is 42.5 Å². The zero-order valence-electron chi connectivity index (χ0n) is 15.4. The second-order valence-electron chi connectivity index (χ2n) is 6.20. The number of ether oxygens (including phenoxy) is 1. The summed E-state index contributed by atoms with van der Waals surface area (Å²) in [4.78, 5) is 23.9. The summed E-state index contributed by atoms with van der Waals surface area (Å²) in [5, 5.41) is 11.8. The van der Waals surface area contributed by atoms with Gasteiger partial charge in [-0.3, -0.25) is 9.59 Å². The van der Waals surface area contributed by atoms with E-state index >= 15 is 0 Å². The van der Waals surface area contributed by atoms with E-state index in [0.717, 1.165) is 21.2 Å². The summed E-state index contributed by atoms with van der Waals surface area (Å²) in [5.41, 5.74) is 3.66. The number of carbonyl (C=O) groups is 2. The van der Waals surface area contributed by atoms with E-state index in [1.165, 1.54) is 0 Å². The number of hydrogen-bond acceptors (Lipinski definition) is 4. The minimum atomic E-state index is -0.519. The molecule has 0 fully saturated rings. The van der Waals surface area contributed by atoms with Crippen LogP contribution in [0.5, 0.6) is 0 Å². The van der Waals surface area contributed by atoms with Gasteiger partial charge in [-0.1, -0.05) is 58.4 Å². The van der Waals surface area contributed by atoms with E-state index in [2.05, 4.69) is 27.3 Å². The Kier molecular flexibility index (Phi) is 6.77. The molecule has 1 N–H and O–H groups in total. The molecule has 144 valence electrons. The summed E-state index contributed by atoms with van der Waals surface area (Å²) < 4.78 is 6.08. The van der Waals surface area contributed by atoms with Gasteiger partial charge in [-0.05, 0) is 47.0 Å². The number of halogens is 1. The second-order valence-corrected chi connectivity index (χ2v) is 7.12. The maximum Gasteiger partial charge on any atom is 0.325 e. The lowest BCUT2D eigenvalue weighted by Crippen LogP contribution is -2.30. The van der Waals surface area contributed by atoms with E-state index in [-0.39, 0.29) is 19.1 Å². The van der Waals surface area contributed by atoms with Crippen LogP contribution in [0, 0.1) is 11.3 Å². The molecule has 3 rings (SSSR count). The molecule has 0 radical (unpaired) electrons. The van der Waals surface area contributed by atoms with Crippen LogP contribution in [0.2, 0.25) is 0 Å². The van der Waals surface area contributed by atoms with Crippen LogP contribution in [0.4, 0.5) is 0 Å². The number of nitrogens with one attached hydrogen (secondary N) is 1. The van der Waals surface area contributed by atoms with Gasteiger partial charge in [0.05, 0.1) is 11.6 Å². The van der Waals surface area contributed by atoms with Gasteiger partial charge < -0.3 is 10.1 Å². The molecule has 0 atom stereocenters. The van der Waals surface area contributed by atoms with Gasteiger partial charge in [-0.2, -0.15) is 5.26 Å². The highest BCUT2D eigenvalue weighted by molar-refractivity contribution is 9.10. The summed E-state index contributed by atoms with van der Waals surface area (Å²) in [6.07, 6.45) is 0. The van der Waals surface area contributed by atoms with Crippen molar-refractivity contribution >= 4 is 27.8 Å². The van der Waals surface area contributed by atoms with Crippen molar-refractivity contribution in [2.24, 2.45) is 0 Å². The molecular formula is C23H17BrN2O3. The lowest BCUT2D eigenvalue weighted by atomic mass is 9.99. The zero-order valence-corrected chi connectivity index (χ0v) is 17.0. The Morgan fingerprint density at radius 2 is 1.66 bits per heavy atom. The van der Waals surface area contributed by atoms with Crippen molar-refractivity contribution in [1.29, 1.82) is 5.26 Å². The monoisotopic (exact) mass is 448 g/mol. The van der Waals surface area contributed by atoms with E-state index in [9.17, 15) is 14.9 Å². The molecule has 0 aromatic heterocycles. The summed E-state index contributed by atoms with van der Waals surface area (Å²) in [6.45, 7) is -0.101. The maximum absolute atomic E-state index is 12.0. The summed E-state index contributed by atoms with van der Waals surface area (Å²) >= 11 is 3.30. The molecule has 5 nitrogen and oxygen atoms in total. The summed E-state index contributed by atoms with van der Waals surface area (Å²) in [5.74, 6) is -0.857. The Balaban J connectivity index is 1.51. The van der Waals surface area contributed by atoms with Gasteiger partial charge in [0.15, 0.2) is 0 Å². The number of hydrogen-bond donors (Lipinski definition) is 1. The smallest absolute Gasteiger partial charge is 0.325 e. The molecule has 0 spiro atoms. The van der Waals surface area contributed by atoms with Gasteiger partial charge in [0.1, 0.15) is 13.2 Å². The topological polar surface area (TPSA) is 79.2 Å². The highest BCUT2D eigenvalue weighted by atomic mass is 79.9. The molecule has 0 bridgehead atoms. The molecule has 3 aromatic rings. The quantitative estimate of drug-likeness (QED) is 0.564. The van der Waals surface area contributed by atoms with Gasteiger partial charge >= 0.3 is 5.97 Å². The summed E-state index contributed by atoms with van der Waals surface area (Å²) in [7, 11) is 0. The molecule has 0 unspecified atom stereocenters. The number of carbonyl (C=O) groups excluding carboxylic acids is 2. The summed E-state index contributed by atoms with van der Waals surface area (Å²) in [6, 6.07) is 23.8. The third-order valence-corrected chi connectivity index (χ3v) is 4.74. The van der Waals surface area contributed by atoms with Crippen LogP contribution in [0.1, 0.15) is 21.5 Å². The first-order chi connectivity index (χ1) is 14.1. The molecular weight excluding hydrogens is 432 g/mol. The van der Waals surface area contributed by atoms with Crippen molar-refractivity contribution < 1.29 is 14.3 Å². The largest absolute Gasteiger partial charge is 0.460 e. The zero-order chi connectivity index (χ0) is 20.6. The number of rotatable bonds is 6. The van der Waals surface area contributed by atoms with E-state index in [4.69, 9.17) is 4.74 Å². The number of amides is 1. The van der Waals surface area contributed by atoms with Gasteiger partial charge in [0, 0.05) is 10.0 Å². The minimum Gasteiger partial charge on any atom is -0.460 e. The molecule has 0 aliphatic rings. The van der Waals surface area contributed by atoms with E-state index < -0.39 is 5.97 Å². The number of nitrogens with zero attached hydrogens (tertiary/aromatic N) is 1. The van der Waals surface area contributed by atoms with Crippen LogP contribution in [-0.4, -0.2) is 18.4 Å². The van der Waals surface area contributed by atoms with Crippen molar-refractivity contribution in [2.45, 2.75) is 6.61 Å². The Morgan fingerprint density at radius 3 is 2.34 bits per heavy atom. The maximum atomic E-state index is 12.0. The first-order valence-electron chi connectivity index (χ1n) is 8.84. The molecule has 3 aromatic carbocycles. The van der Waals surface area contributed by atoms with Crippen LogP contribution < -0.4 is 5.32 Å². The lowest BCUT2D eigenvalue weighted by molar-refractivity contribution is -0.143. The average molecular weight is 449 g/mol. The third-order valence-electron chi connectivity index (χ3n) is 4.21. The van der Waals surface area contributed by atoms with E-state index in [0.29, 0.717) is 11.1 Å². The Labute approximate surface area is 177 Å². The van der Waals surface area contributed by atoms with Gasteiger partial charge in [-0.25, -0.2) is 0 Å². The third kappa shape index (κ3) is 5.53. The Bertz CT molecular complexity index is 1050. The molecule has 0 saturated carbocycles. The van der Waals surface area contributed by atoms with Crippen LogP contribution in [0.3, 0.4) is 0 Å². The lowest BCUT2D eigenvalue weighted by Gasteiger charge is -2.08. The number of esters is 1. The van der Waals surface area contributed by atoms with Crippen molar-refractivity contribution in [3.8, 4) is 17.2 Å². The van der Waals surface area contributed by atoms with Gasteiger partial charge in [0.2, 0.25) is 0 Å². The fraction of sp³-hybridized carbons (Fsp3) is 0.0870. The highest BCUT2D eigenvalue weighted by Gasteiger charge is 2.09. The molecule has 0 aliphatic carbocycles.